The Morgan fingerprint density at radius 2 is 2.18 bits per heavy atom. The van der Waals surface area contributed by atoms with E-state index in [1.165, 1.54) is 0 Å². The van der Waals surface area contributed by atoms with E-state index < -0.39 is 0 Å². The normalized spacial score (nSPS) is 11.2. The third kappa shape index (κ3) is 1.64. The first-order chi connectivity index (χ1) is 8.15. The molecular formula is C11H10BrN5. The summed E-state index contributed by atoms with van der Waals surface area (Å²) in [6.45, 7) is 2.01. The summed E-state index contributed by atoms with van der Waals surface area (Å²) in [7, 11) is 1.91. The Hall–Kier alpha value is -1.69. The molecule has 6 heteroatoms. The lowest BCUT2D eigenvalue weighted by Crippen LogP contribution is -1.92. The second kappa shape index (κ2) is 3.66. The van der Waals surface area contributed by atoms with E-state index in [2.05, 4.69) is 36.0 Å². The Morgan fingerprint density at radius 3 is 2.88 bits per heavy atom. The minimum Gasteiger partial charge on any atom is -0.336 e. The number of aromatic amines is 1. The standard InChI is InChI=1S/C11H10BrN5/c1-6-8(5-14-17(6)2)10-15-9-3-7(12)4-13-11(9)16-10/h3-5H,1-2H3,(H,13,15,16). The zero-order valence-electron chi connectivity index (χ0n) is 9.40. The van der Waals surface area contributed by atoms with Gasteiger partial charge in [-0.05, 0) is 28.9 Å². The van der Waals surface area contributed by atoms with Crippen molar-refractivity contribution in [3.05, 3.63) is 28.6 Å². The van der Waals surface area contributed by atoms with E-state index in [4.69, 9.17) is 0 Å². The summed E-state index contributed by atoms with van der Waals surface area (Å²) >= 11 is 3.39. The van der Waals surface area contributed by atoms with Gasteiger partial charge in [0.1, 0.15) is 5.82 Å². The predicted octanol–water partition coefficient (Wildman–Crippen LogP) is 2.43. The van der Waals surface area contributed by atoms with Crippen LogP contribution in [0.3, 0.4) is 0 Å². The van der Waals surface area contributed by atoms with Crippen LogP contribution < -0.4 is 0 Å². The van der Waals surface area contributed by atoms with Gasteiger partial charge in [-0.1, -0.05) is 0 Å². The Balaban J connectivity index is 2.21. The van der Waals surface area contributed by atoms with Crippen LogP contribution >= 0.6 is 15.9 Å². The highest BCUT2D eigenvalue weighted by atomic mass is 79.9. The fourth-order valence-corrected chi connectivity index (χ4v) is 2.06. The number of nitrogens with zero attached hydrogens (tertiary/aromatic N) is 4. The van der Waals surface area contributed by atoms with E-state index in [0.29, 0.717) is 5.65 Å². The first-order valence-electron chi connectivity index (χ1n) is 5.15. The van der Waals surface area contributed by atoms with Crippen molar-refractivity contribution in [3.8, 4) is 11.4 Å². The minimum atomic E-state index is 0.714. The number of imidazole rings is 1. The van der Waals surface area contributed by atoms with Crippen LogP contribution in [0.1, 0.15) is 5.69 Å². The van der Waals surface area contributed by atoms with Crippen LogP contribution in [0.25, 0.3) is 22.6 Å². The van der Waals surface area contributed by atoms with Gasteiger partial charge in [0, 0.05) is 23.4 Å². The van der Waals surface area contributed by atoms with Crippen molar-refractivity contribution in [2.45, 2.75) is 6.92 Å². The SMILES string of the molecule is Cc1c(-c2nc3ncc(Br)cc3[nH]2)cnn1C. The molecule has 0 unspecified atom stereocenters. The largest absolute Gasteiger partial charge is 0.336 e. The van der Waals surface area contributed by atoms with E-state index in [1.807, 2.05) is 30.9 Å². The van der Waals surface area contributed by atoms with Gasteiger partial charge in [0.05, 0.1) is 17.3 Å². The lowest BCUT2D eigenvalue weighted by Gasteiger charge is -1.95. The number of nitrogens with one attached hydrogen (secondary N) is 1. The lowest BCUT2D eigenvalue weighted by atomic mass is 10.2. The number of rotatable bonds is 1. The molecule has 17 heavy (non-hydrogen) atoms. The van der Waals surface area contributed by atoms with Gasteiger partial charge in [0.15, 0.2) is 5.65 Å². The summed E-state index contributed by atoms with van der Waals surface area (Å²) in [5.41, 5.74) is 3.70. The van der Waals surface area contributed by atoms with E-state index in [0.717, 1.165) is 27.1 Å². The zero-order valence-corrected chi connectivity index (χ0v) is 11.0. The molecule has 0 saturated heterocycles. The van der Waals surface area contributed by atoms with Crippen molar-refractivity contribution in [2.24, 2.45) is 7.05 Å². The highest BCUT2D eigenvalue weighted by Crippen LogP contribution is 2.23. The van der Waals surface area contributed by atoms with E-state index in [1.54, 1.807) is 6.20 Å². The first kappa shape index (κ1) is 10.5. The summed E-state index contributed by atoms with van der Waals surface area (Å²) in [4.78, 5) is 12.0. The first-order valence-corrected chi connectivity index (χ1v) is 5.94. The van der Waals surface area contributed by atoms with E-state index >= 15 is 0 Å². The third-order valence-corrected chi connectivity index (χ3v) is 3.23. The Labute approximate surface area is 106 Å². The summed E-state index contributed by atoms with van der Waals surface area (Å²) in [6, 6.07) is 1.96. The van der Waals surface area contributed by atoms with E-state index in [-0.39, 0.29) is 0 Å². The number of pyridine rings is 1. The molecule has 0 atom stereocenters. The van der Waals surface area contributed by atoms with Gasteiger partial charge in [0.2, 0.25) is 0 Å². The fraction of sp³-hybridized carbons (Fsp3) is 0.182. The maximum atomic E-state index is 4.46. The van der Waals surface area contributed by atoms with Crippen LogP contribution in [0, 0.1) is 6.92 Å². The second-order valence-electron chi connectivity index (χ2n) is 3.88. The molecule has 0 aliphatic heterocycles. The maximum absolute atomic E-state index is 4.46. The molecule has 3 aromatic heterocycles. The minimum absolute atomic E-state index is 0.714. The molecule has 1 N–H and O–H groups in total. The number of hydrogen-bond acceptors (Lipinski definition) is 3. The Kier molecular flexibility index (Phi) is 2.25. The van der Waals surface area contributed by atoms with Gasteiger partial charge in [-0.15, -0.1) is 0 Å². The molecule has 5 nitrogen and oxygen atoms in total. The topological polar surface area (TPSA) is 59.4 Å². The summed E-state index contributed by atoms with van der Waals surface area (Å²) in [6.07, 6.45) is 3.55. The highest BCUT2D eigenvalue weighted by Gasteiger charge is 2.11. The quantitative estimate of drug-likeness (QED) is 0.749. The summed E-state index contributed by atoms with van der Waals surface area (Å²) in [5, 5.41) is 4.21. The van der Waals surface area contributed by atoms with Gasteiger partial charge >= 0.3 is 0 Å². The van der Waals surface area contributed by atoms with Crippen LogP contribution in [0.5, 0.6) is 0 Å². The van der Waals surface area contributed by atoms with Crippen molar-refractivity contribution >= 4 is 27.1 Å². The number of aromatic nitrogens is 5. The van der Waals surface area contributed by atoms with Crippen LogP contribution in [-0.2, 0) is 7.05 Å². The predicted molar refractivity (Wildman–Crippen MR) is 68.5 cm³/mol. The van der Waals surface area contributed by atoms with Gasteiger partial charge in [0.25, 0.3) is 0 Å². The molecule has 0 fully saturated rings. The third-order valence-electron chi connectivity index (χ3n) is 2.79. The highest BCUT2D eigenvalue weighted by molar-refractivity contribution is 9.10. The van der Waals surface area contributed by atoms with E-state index in [9.17, 15) is 0 Å². The van der Waals surface area contributed by atoms with Gasteiger partial charge in [-0.2, -0.15) is 5.10 Å². The molecule has 3 aromatic rings. The van der Waals surface area contributed by atoms with Gasteiger partial charge in [-0.3, -0.25) is 4.68 Å². The fourth-order valence-electron chi connectivity index (χ4n) is 1.73. The van der Waals surface area contributed by atoms with Crippen LogP contribution in [0.4, 0.5) is 0 Å². The van der Waals surface area contributed by atoms with Crippen molar-refractivity contribution in [2.75, 3.05) is 0 Å². The Morgan fingerprint density at radius 1 is 1.35 bits per heavy atom. The maximum Gasteiger partial charge on any atom is 0.178 e. The smallest absolute Gasteiger partial charge is 0.178 e. The molecule has 0 aliphatic carbocycles. The number of fused-ring (bicyclic) bond motifs is 1. The molecular weight excluding hydrogens is 282 g/mol. The number of halogens is 1. The van der Waals surface area contributed by atoms with Crippen LogP contribution in [-0.4, -0.2) is 24.7 Å². The number of aryl methyl sites for hydroxylation is 1. The number of H-pyrrole nitrogens is 1. The summed E-state index contributed by atoms with van der Waals surface area (Å²) in [5.74, 6) is 0.802. The molecule has 3 rings (SSSR count). The molecule has 0 spiro atoms. The van der Waals surface area contributed by atoms with Crippen molar-refractivity contribution in [1.82, 2.24) is 24.7 Å². The monoisotopic (exact) mass is 291 g/mol. The van der Waals surface area contributed by atoms with Gasteiger partial charge in [-0.25, -0.2) is 9.97 Å². The van der Waals surface area contributed by atoms with Crippen LogP contribution in [0.2, 0.25) is 0 Å². The van der Waals surface area contributed by atoms with Crippen molar-refractivity contribution in [3.63, 3.8) is 0 Å². The molecule has 0 radical (unpaired) electrons. The van der Waals surface area contributed by atoms with Crippen LogP contribution in [0.15, 0.2) is 22.9 Å². The average molecular weight is 292 g/mol. The Bertz CT molecular complexity index is 697. The molecule has 0 aliphatic rings. The lowest BCUT2D eigenvalue weighted by molar-refractivity contribution is 0.740. The zero-order chi connectivity index (χ0) is 12.0. The second-order valence-corrected chi connectivity index (χ2v) is 4.79. The van der Waals surface area contributed by atoms with Gasteiger partial charge < -0.3 is 4.98 Å². The van der Waals surface area contributed by atoms with Crippen molar-refractivity contribution < 1.29 is 0 Å². The molecule has 0 saturated carbocycles. The average Bonchev–Trinajstić information content (AvgIpc) is 2.83. The molecule has 0 amide bonds. The summed E-state index contributed by atoms with van der Waals surface area (Å²) < 4.78 is 2.76. The van der Waals surface area contributed by atoms with Crippen molar-refractivity contribution in [1.29, 1.82) is 0 Å². The molecule has 3 heterocycles. The molecule has 0 bridgehead atoms. The molecule has 0 aromatic carbocycles. The molecule has 86 valence electrons. The number of hydrogen-bond donors (Lipinski definition) is 1.